The van der Waals surface area contributed by atoms with Gasteiger partial charge in [-0.15, -0.1) is 10.2 Å². The first-order valence-corrected chi connectivity index (χ1v) is 6.69. The molecule has 1 N–H and O–H groups in total. The maximum atomic E-state index is 6.07. The molecule has 0 amide bonds. The minimum atomic E-state index is 0.721. The molecule has 17 heavy (non-hydrogen) atoms. The number of rotatable bonds is 4. The Kier molecular flexibility index (Phi) is 3.97. The quantitative estimate of drug-likeness (QED) is 0.918. The molecule has 0 fully saturated rings. The topological polar surface area (TPSA) is 37.8 Å². The average Bonchev–Trinajstić information content (AvgIpc) is 2.79. The number of hydrogen-bond donors (Lipinski definition) is 1. The van der Waals surface area contributed by atoms with E-state index in [1.807, 2.05) is 19.1 Å². The number of halogens is 1. The van der Waals surface area contributed by atoms with E-state index in [2.05, 4.69) is 28.5 Å². The first-order valence-electron chi connectivity index (χ1n) is 5.50. The smallest absolute Gasteiger partial charge is 0.205 e. The van der Waals surface area contributed by atoms with Gasteiger partial charge in [0.2, 0.25) is 5.13 Å². The van der Waals surface area contributed by atoms with E-state index >= 15 is 0 Å². The highest BCUT2D eigenvalue weighted by Gasteiger charge is 2.02. The van der Waals surface area contributed by atoms with Crippen molar-refractivity contribution in [1.82, 2.24) is 10.2 Å². The van der Waals surface area contributed by atoms with Gasteiger partial charge in [-0.05, 0) is 30.5 Å². The van der Waals surface area contributed by atoms with Gasteiger partial charge in [0.25, 0.3) is 0 Å². The molecule has 0 radical (unpaired) electrons. The predicted octanol–water partition coefficient (Wildman–Crippen LogP) is 3.67. The summed E-state index contributed by atoms with van der Waals surface area (Å²) in [5.74, 6) is 0. The molecule has 0 saturated heterocycles. The molecule has 0 aliphatic carbocycles. The van der Waals surface area contributed by atoms with Crippen LogP contribution < -0.4 is 5.32 Å². The normalized spacial score (nSPS) is 10.5. The van der Waals surface area contributed by atoms with Crippen LogP contribution in [0.1, 0.15) is 23.1 Å². The van der Waals surface area contributed by atoms with Crippen molar-refractivity contribution < 1.29 is 0 Å². The van der Waals surface area contributed by atoms with Crippen LogP contribution in [0.5, 0.6) is 0 Å². The first kappa shape index (κ1) is 12.3. The fourth-order valence-electron chi connectivity index (χ4n) is 1.39. The number of anilines is 1. The fraction of sp³-hybridized carbons (Fsp3) is 0.333. The molecule has 0 saturated carbocycles. The molecule has 2 rings (SSSR count). The summed E-state index contributed by atoms with van der Waals surface area (Å²) in [6.07, 6.45) is 0.926. The third-order valence-electron chi connectivity index (χ3n) is 2.45. The molecule has 0 spiro atoms. The van der Waals surface area contributed by atoms with Crippen molar-refractivity contribution in [1.29, 1.82) is 0 Å². The minimum Gasteiger partial charge on any atom is -0.356 e. The van der Waals surface area contributed by atoms with Crippen LogP contribution in [0, 0.1) is 6.92 Å². The zero-order valence-electron chi connectivity index (χ0n) is 9.83. The Labute approximate surface area is 110 Å². The van der Waals surface area contributed by atoms with Crippen LogP contribution in [0.25, 0.3) is 0 Å². The van der Waals surface area contributed by atoms with E-state index in [1.165, 1.54) is 0 Å². The van der Waals surface area contributed by atoms with E-state index in [9.17, 15) is 0 Å². The van der Waals surface area contributed by atoms with Gasteiger partial charge in [-0.1, -0.05) is 42.0 Å². The van der Waals surface area contributed by atoms with E-state index in [1.54, 1.807) is 11.3 Å². The summed E-state index contributed by atoms with van der Waals surface area (Å²) in [6, 6.07) is 6.07. The molecule has 5 heteroatoms. The zero-order chi connectivity index (χ0) is 12.3. The lowest BCUT2D eigenvalue weighted by atomic mass is 10.1. The molecule has 0 aliphatic rings. The second-order valence-electron chi connectivity index (χ2n) is 3.79. The minimum absolute atomic E-state index is 0.721. The number of aromatic nitrogens is 2. The second kappa shape index (κ2) is 5.47. The van der Waals surface area contributed by atoms with Crippen LogP contribution in [0.15, 0.2) is 18.2 Å². The van der Waals surface area contributed by atoms with Gasteiger partial charge >= 0.3 is 0 Å². The van der Waals surface area contributed by atoms with Gasteiger partial charge in [-0.25, -0.2) is 0 Å². The van der Waals surface area contributed by atoms with Crippen LogP contribution in [-0.4, -0.2) is 10.2 Å². The Morgan fingerprint density at radius 3 is 2.82 bits per heavy atom. The van der Waals surface area contributed by atoms with Crippen molar-refractivity contribution in [3.8, 4) is 0 Å². The Morgan fingerprint density at radius 1 is 1.35 bits per heavy atom. The molecule has 1 aromatic carbocycles. The summed E-state index contributed by atoms with van der Waals surface area (Å²) >= 11 is 7.66. The average molecular weight is 268 g/mol. The lowest BCUT2D eigenvalue weighted by Gasteiger charge is -2.04. The van der Waals surface area contributed by atoms with Crippen molar-refractivity contribution >= 4 is 28.1 Å². The largest absolute Gasteiger partial charge is 0.356 e. The van der Waals surface area contributed by atoms with E-state index < -0.39 is 0 Å². The molecule has 0 aliphatic heterocycles. The summed E-state index contributed by atoms with van der Waals surface area (Å²) in [5, 5.41) is 14.1. The lowest BCUT2D eigenvalue weighted by molar-refractivity contribution is 0.975. The highest BCUT2D eigenvalue weighted by molar-refractivity contribution is 7.15. The Balaban J connectivity index is 1.99. The highest BCUT2D eigenvalue weighted by atomic mass is 35.5. The summed E-state index contributed by atoms with van der Waals surface area (Å²) in [7, 11) is 0. The summed E-state index contributed by atoms with van der Waals surface area (Å²) in [4.78, 5) is 0. The van der Waals surface area contributed by atoms with Crippen molar-refractivity contribution in [2.24, 2.45) is 0 Å². The van der Waals surface area contributed by atoms with Gasteiger partial charge in [-0.2, -0.15) is 0 Å². The summed E-state index contributed by atoms with van der Waals surface area (Å²) in [6.45, 7) is 4.79. The van der Waals surface area contributed by atoms with Crippen LogP contribution in [0.2, 0.25) is 5.02 Å². The van der Waals surface area contributed by atoms with E-state index in [0.717, 1.165) is 39.3 Å². The number of benzene rings is 1. The Bertz CT molecular complexity index is 510. The molecule has 0 atom stereocenters. The second-order valence-corrected chi connectivity index (χ2v) is 5.26. The van der Waals surface area contributed by atoms with Crippen molar-refractivity contribution in [2.75, 3.05) is 5.32 Å². The van der Waals surface area contributed by atoms with Gasteiger partial charge in [-0.3, -0.25) is 0 Å². The molecular weight excluding hydrogens is 254 g/mol. The first-order chi connectivity index (χ1) is 8.19. The monoisotopic (exact) mass is 267 g/mol. The number of aryl methyl sites for hydroxylation is 2. The van der Waals surface area contributed by atoms with Crippen LogP contribution >= 0.6 is 22.9 Å². The predicted molar refractivity (Wildman–Crippen MR) is 72.8 cm³/mol. The number of hydrogen-bond acceptors (Lipinski definition) is 4. The molecule has 90 valence electrons. The Hall–Kier alpha value is -1.13. The molecule has 1 heterocycles. The highest BCUT2D eigenvalue weighted by Crippen LogP contribution is 2.19. The molecule has 1 aromatic heterocycles. The lowest BCUT2D eigenvalue weighted by Crippen LogP contribution is -1.99. The number of nitrogens with one attached hydrogen (secondary N) is 1. The SMILES string of the molecule is CCc1nnc(NCc2ccc(C)c(Cl)c2)s1. The van der Waals surface area contributed by atoms with E-state index in [4.69, 9.17) is 11.6 Å². The number of nitrogens with zero attached hydrogens (tertiary/aromatic N) is 2. The molecule has 0 unspecified atom stereocenters. The van der Waals surface area contributed by atoms with Crippen LogP contribution in [0.4, 0.5) is 5.13 Å². The van der Waals surface area contributed by atoms with Gasteiger partial charge < -0.3 is 5.32 Å². The van der Waals surface area contributed by atoms with Gasteiger partial charge in [0.15, 0.2) is 0 Å². The fourth-order valence-corrected chi connectivity index (χ4v) is 2.27. The van der Waals surface area contributed by atoms with Crippen molar-refractivity contribution in [2.45, 2.75) is 26.8 Å². The van der Waals surface area contributed by atoms with Gasteiger partial charge in [0.1, 0.15) is 5.01 Å². The van der Waals surface area contributed by atoms with Gasteiger partial charge in [0.05, 0.1) is 0 Å². The van der Waals surface area contributed by atoms with Crippen LogP contribution in [-0.2, 0) is 13.0 Å². The van der Waals surface area contributed by atoms with E-state index in [-0.39, 0.29) is 0 Å². The summed E-state index contributed by atoms with van der Waals surface area (Å²) in [5.41, 5.74) is 2.24. The van der Waals surface area contributed by atoms with Crippen molar-refractivity contribution in [3.05, 3.63) is 39.4 Å². The molecule has 3 nitrogen and oxygen atoms in total. The third kappa shape index (κ3) is 3.17. The van der Waals surface area contributed by atoms with Crippen molar-refractivity contribution in [3.63, 3.8) is 0 Å². The maximum absolute atomic E-state index is 6.07. The van der Waals surface area contributed by atoms with E-state index in [0.29, 0.717) is 0 Å². The molecule has 2 aromatic rings. The molecular formula is C12H14ClN3S. The standard InChI is InChI=1S/C12H14ClN3S/c1-3-11-15-16-12(17-11)14-7-9-5-4-8(2)10(13)6-9/h4-6H,3,7H2,1-2H3,(H,14,16). The zero-order valence-corrected chi connectivity index (χ0v) is 11.4. The third-order valence-corrected chi connectivity index (χ3v) is 3.88. The summed E-state index contributed by atoms with van der Waals surface area (Å²) < 4.78 is 0. The van der Waals surface area contributed by atoms with Gasteiger partial charge in [0, 0.05) is 11.6 Å². The Morgan fingerprint density at radius 2 is 2.18 bits per heavy atom. The maximum Gasteiger partial charge on any atom is 0.205 e. The van der Waals surface area contributed by atoms with Crippen LogP contribution in [0.3, 0.4) is 0 Å². The molecule has 0 bridgehead atoms.